The lowest BCUT2D eigenvalue weighted by Gasteiger charge is -2.19. The van der Waals surface area contributed by atoms with Crippen LogP contribution in [0.25, 0.3) is 11.0 Å². The van der Waals surface area contributed by atoms with Gasteiger partial charge in [-0.15, -0.1) is 12.8 Å². The van der Waals surface area contributed by atoms with Gasteiger partial charge in [0, 0.05) is 32.3 Å². The van der Waals surface area contributed by atoms with Gasteiger partial charge in [0.25, 0.3) is 5.91 Å². The number of hydrogen-bond donors (Lipinski definition) is 1. The van der Waals surface area contributed by atoms with Crippen molar-refractivity contribution in [2.24, 2.45) is 11.8 Å². The van der Waals surface area contributed by atoms with E-state index >= 15 is 0 Å². The van der Waals surface area contributed by atoms with Gasteiger partial charge in [-0.05, 0) is 118 Å². The number of aromatic nitrogens is 2. The van der Waals surface area contributed by atoms with E-state index in [2.05, 4.69) is 82.5 Å². The van der Waals surface area contributed by atoms with E-state index in [9.17, 15) is 4.79 Å². The third-order valence-electron chi connectivity index (χ3n) is 8.77. The van der Waals surface area contributed by atoms with Gasteiger partial charge in [-0.3, -0.25) is 10.1 Å². The fourth-order valence-corrected chi connectivity index (χ4v) is 6.18. The maximum atomic E-state index is 13.9. The fourth-order valence-electron chi connectivity index (χ4n) is 6.18. The van der Waals surface area contributed by atoms with Crippen LogP contribution in [0.2, 0.25) is 0 Å². The number of anilines is 1. The molecule has 1 amide bonds. The largest absolute Gasteiger partial charge is 0.497 e. The van der Waals surface area contributed by atoms with Gasteiger partial charge < -0.3 is 14.0 Å². The molecule has 2 aliphatic rings. The third-order valence-corrected chi connectivity index (χ3v) is 8.77. The molecule has 0 saturated heterocycles. The molecule has 1 N–H and O–H groups in total. The summed E-state index contributed by atoms with van der Waals surface area (Å²) in [5, 5.41) is 3.22. The monoisotopic (exact) mass is 690 g/mol. The normalized spacial score (nSPS) is 21.1. The van der Waals surface area contributed by atoms with Crippen molar-refractivity contribution in [3.05, 3.63) is 70.0 Å². The Morgan fingerprint density at radius 1 is 1.10 bits per heavy atom. The number of carbonyl (C=O) groups excluding carboxylic acids is 1. The van der Waals surface area contributed by atoms with Crippen LogP contribution in [-0.4, -0.2) is 35.8 Å². The number of nitrogens with zero attached hydrogens (tertiary/aromatic N) is 2. The SMILES string of the molecule is C#C.CC.CC.CC=C(C)\C=C1/C=C(C)/C(CC)=C(/CCC)OCC2CCC(C2)Cn2c(nc3ccc(C(C)C)cc32)NC1=O.CCCOC. The molecule has 1 aromatic carbocycles. The number of rotatable bonds is 7. The van der Waals surface area contributed by atoms with Crippen LogP contribution in [0.3, 0.4) is 0 Å². The summed E-state index contributed by atoms with van der Waals surface area (Å²) in [5.41, 5.74) is 7.28. The Kier molecular flexibility index (Phi) is 24.4. The van der Waals surface area contributed by atoms with Crippen LogP contribution in [0.5, 0.6) is 0 Å². The molecule has 2 heterocycles. The molecule has 1 fully saturated rings. The average Bonchev–Trinajstić information content (AvgIpc) is 3.73. The molecule has 2 atom stereocenters. The highest BCUT2D eigenvalue weighted by molar-refractivity contribution is 6.06. The molecule has 4 rings (SSSR count). The van der Waals surface area contributed by atoms with Gasteiger partial charge in [-0.2, -0.15) is 0 Å². The maximum Gasteiger partial charge on any atom is 0.257 e. The Labute approximate surface area is 306 Å². The molecule has 0 radical (unpaired) electrons. The molecule has 1 aliphatic heterocycles. The van der Waals surface area contributed by atoms with Crippen molar-refractivity contribution in [2.45, 2.75) is 140 Å². The molecule has 2 aromatic rings. The smallest absolute Gasteiger partial charge is 0.257 e. The van der Waals surface area contributed by atoms with Crippen LogP contribution in [0.15, 0.2) is 64.5 Å². The fraction of sp³-hybridized carbons (Fsp3) is 0.591. The molecular formula is C44H71N3O3. The van der Waals surface area contributed by atoms with E-state index in [0.717, 1.165) is 79.8 Å². The number of benzene rings is 1. The number of ether oxygens (including phenoxy) is 2. The van der Waals surface area contributed by atoms with Crippen LogP contribution < -0.4 is 5.32 Å². The van der Waals surface area contributed by atoms with Crippen LogP contribution in [0.4, 0.5) is 5.95 Å². The highest BCUT2D eigenvalue weighted by atomic mass is 16.5. The number of allylic oxidation sites excluding steroid dienone is 6. The maximum absolute atomic E-state index is 13.9. The topological polar surface area (TPSA) is 65.4 Å². The first-order chi connectivity index (χ1) is 24.1. The lowest BCUT2D eigenvalue weighted by Crippen LogP contribution is -2.19. The molecular weight excluding hydrogens is 619 g/mol. The van der Waals surface area contributed by atoms with Gasteiger partial charge in [-0.25, -0.2) is 4.98 Å². The second kappa shape index (κ2) is 26.3. The van der Waals surface area contributed by atoms with Crippen molar-refractivity contribution in [3.8, 4) is 12.8 Å². The highest BCUT2D eigenvalue weighted by Gasteiger charge is 2.28. The van der Waals surface area contributed by atoms with Gasteiger partial charge in [0.2, 0.25) is 5.95 Å². The van der Waals surface area contributed by atoms with E-state index < -0.39 is 0 Å². The van der Waals surface area contributed by atoms with Crippen molar-refractivity contribution in [3.63, 3.8) is 0 Å². The lowest BCUT2D eigenvalue weighted by molar-refractivity contribution is -0.112. The first kappa shape index (κ1) is 46.4. The highest BCUT2D eigenvalue weighted by Crippen LogP contribution is 2.36. The number of hydrogen-bond acceptors (Lipinski definition) is 4. The van der Waals surface area contributed by atoms with Crippen molar-refractivity contribution in [2.75, 3.05) is 25.6 Å². The van der Waals surface area contributed by atoms with E-state index in [1.165, 1.54) is 24.0 Å². The first-order valence-corrected chi connectivity index (χ1v) is 19.2. The number of carbonyl (C=O) groups is 1. The molecule has 2 bridgehead atoms. The number of amides is 1. The summed E-state index contributed by atoms with van der Waals surface area (Å²) in [5.74, 6) is 3.11. The van der Waals surface area contributed by atoms with Gasteiger partial charge in [-0.1, -0.05) is 80.0 Å². The Morgan fingerprint density at radius 3 is 2.30 bits per heavy atom. The number of terminal acetylenes is 1. The zero-order chi connectivity index (χ0) is 38.2. The minimum Gasteiger partial charge on any atom is -0.497 e. The van der Waals surface area contributed by atoms with Gasteiger partial charge in [0.1, 0.15) is 0 Å². The van der Waals surface area contributed by atoms with E-state index in [4.69, 9.17) is 14.5 Å². The van der Waals surface area contributed by atoms with Gasteiger partial charge >= 0.3 is 0 Å². The average molecular weight is 690 g/mol. The summed E-state index contributed by atoms with van der Waals surface area (Å²) < 4.78 is 13.5. The molecule has 6 nitrogen and oxygen atoms in total. The number of fused-ring (bicyclic) bond motifs is 5. The van der Waals surface area contributed by atoms with E-state index in [1.807, 2.05) is 59.8 Å². The Bertz CT molecular complexity index is 1420. The summed E-state index contributed by atoms with van der Waals surface area (Å²) in [6.45, 7) is 27.6. The zero-order valence-electron chi connectivity index (χ0n) is 34.0. The molecule has 50 heavy (non-hydrogen) atoms. The molecule has 1 aliphatic carbocycles. The summed E-state index contributed by atoms with van der Waals surface area (Å²) >= 11 is 0. The molecule has 6 heteroatoms. The molecule has 1 aromatic heterocycles. The van der Waals surface area contributed by atoms with Crippen LogP contribution in [0, 0.1) is 24.7 Å². The zero-order valence-corrected chi connectivity index (χ0v) is 34.0. The van der Waals surface area contributed by atoms with Gasteiger partial charge in [0.15, 0.2) is 0 Å². The van der Waals surface area contributed by atoms with Gasteiger partial charge in [0.05, 0.1) is 23.4 Å². The predicted molar refractivity (Wildman–Crippen MR) is 217 cm³/mol. The number of methoxy groups -OCH3 is 1. The quantitative estimate of drug-likeness (QED) is 0.232. The Hall–Kier alpha value is -3.56. The first-order valence-electron chi connectivity index (χ1n) is 19.2. The lowest BCUT2D eigenvalue weighted by atomic mass is 9.98. The van der Waals surface area contributed by atoms with Crippen molar-refractivity contribution in [1.29, 1.82) is 0 Å². The van der Waals surface area contributed by atoms with Crippen molar-refractivity contribution < 1.29 is 14.3 Å². The Morgan fingerprint density at radius 2 is 1.76 bits per heavy atom. The van der Waals surface area contributed by atoms with Crippen LogP contribution in [0.1, 0.15) is 140 Å². The minimum atomic E-state index is -0.135. The molecule has 0 spiro atoms. The number of nitrogens with one attached hydrogen (secondary N) is 1. The van der Waals surface area contributed by atoms with Crippen molar-refractivity contribution >= 4 is 22.9 Å². The summed E-state index contributed by atoms with van der Waals surface area (Å²) in [6, 6.07) is 6.51. The Balaban J connectivity index is 0.00000195. The molecule has 1 saturated carbocycles. The van der Waals surface area contributed by atoms with Crippen LogP contribution in [-0.2, 0) is 20.8 Å². The summed E-state index contributed by atoms with van der Waals surface area (Å²) in [4.78, 5) is 18.8. The van der Waals surface area contributed by atoms with E-state index in [-0.39, 0.29) is 5.91 Å². The van der Waals surface area contributed by atoms with Crippen LogP contribution >= 0.6 is 0 Å². The van der Waals surface area contributed by atoms with Crippen molar-refractivity contribution in [1.82, 2.24) is 9.55 Å². The molecule has 2 unspecified atom stereocenters. The summed E-state index contributed by atoms with van der Waals surface area (Å²) in [7, 11) is 1.71. The predicted octanol–water partition coefficient (Wildman–Crippen LogP) is 12.2. The number of imidazole rings is 1. The van der Waals surface area contributed by atoms with E-state index in [0.29, 0.717) is 29.3 Å². The second-order valence-electron chi connectivity index (χ2n) is 12.7. The summed E-state index contributed by atoms with van der Waals surface area (Å²) in [6.07, 6.45) is 21.5. The minimum absolute atomic E-state index is 0.135. The third kappa shape index (κ3) is 14.4. The standard InChI is InChI=1S/C34H47N3O2.C4H10O.2C2H6.C2H2/c1-8-11-32-29(10-3)24(7)17-28(16-23(6)9-2)33(38)36-34-35-30-15-14-27(22(4)5)19-31(30)37(34)20-25-12-13-26(18-25)21-39-32;1-3-4-5-2;3*1-2/h9,14-17,19,22,25-26H,8,10-13,18,20-21H2,1-7H3,(H,35,36,38);3-4H2,1-2H3;2*1-2H3;1-2H/b23-9?,24-17+,28-16+,32-29-;;;;. The molecule has 280 valence electrons. The van der Waals surface area contributed by atoms with E-state index in [1.54, 1.807) is 7.11 Å². The second-order valence-corrected chi connectivity index (χ2v) is 12.7.